The Labute approximate surface area is 113 Å². The van der Waals surface area contributed by atoms with Crippen molar-refractivity contribution in [3.8, 4) is 5.75 Å². The molecule has 0 aromatic heterocycles. The van der Waals surface area contributed by atoms with Crippen molar-refractivity contribution in [2.75, 3.05) is 13.7 Å². The van der Waals surface area contributed by atoms with E-state index in [1.807, 2.05) is 20.8 Å². The third-order valence-electron chi connectivity index (χ3n) is 2.28. The summed E-state index contributed by atoms with van der Waals surface area (Å²) < 4.78 is 19.0. The molecule has 19 heavy (non-hydrogen) atoms. The van der Waals surface area contributed by atoms with Gasteiger partial charge in [-0.15, -0.1) is 0 Å². The number of nitrogens with one attached hydrogen (secondary N) is 2. The summed E-state index contributed by atoms with van der Waals surface area (Å²) in [7, 11) is 1.76. The van der Waals surface area contributed by atoms with Gasteiger partial charge in [0.05, 0.1) is 0 Å². The Bertz CT molecular complexity index is 442. The van der Waals surface area contributed by atoms with Gasteiger partial charge in [0.2, 0.25) is 0 Å². The Morgan fingerprint density at radius 1 is 1.37 bits per heavy atom. The number of halogens is 1. The Morgan fingerprint density at radius 3 is 2.63 bits per heavy atom. The van der Waals surface area contributed by atoms with Crippen molar-refractivity contribution in [2.24, 2.45) is 0 Å². The lowest BCUT2D eigenvalue weighted by Gasteiger charge is -2.21. The van der Waals surface area contributed by atoms with Crippen molar-refractivity contribution in [3.05, 3.63) is 29.6 Å². The lowest BCUT2D eigenvalue weighted by atomic mass is 10.1. The molecule has 0 aliphatic heterocycles. The van der Waals surface area contributed by atoms with Gasteiger partial charge < -0.3 is 15.4 Å². The molecule has 106 valence electrons. The van der Waals surface area contributed by atoms with Crippen molar-refractivity contribution in [1.82, 2.24) is 10.6 Å². The highest BCUT2D eigenvalue weighted by atomic mass is 19.1. The fourth-order valence-corrected chi connectivity index (χ4v) is 1.64. The summed E-state index contributed by atoms with van der Waals surface area (Å²) in [5.41, 5.74) is 0.356. The Balaban J connectivity index is 2.69. The molecule has 0 saturated carbocycles. The Hall–Kier alpha value is -1.62. The number of amides is 1. The molecule has 5 heteroatoms. The third kappa shape index (κ3) is 5.26. The van der Waals surface area contributed by atoms with Crippen LogP contribution in [0.1, 0.15) is 26.3 Å². The smallest absolute Gasteiger partial charge is 0.258 e. The minimum absolute atomic E-state index is 0.126. The molecule has 0 atom stereocenters. The van der Waals surface area contributed by atoms with Crippen LogP contribution in [0.15, 0.2) is 18.2 Å². The summed E-state index contributed by atoms with van der Waals surface area (Å²) in [5.74, 6) is -0.608. The van der Waals surface area contributed by atoms with Crippen LogP contribution in [0.25, 0.3) is 0 Å². The van der Waals surface area contributed by atoms with Crippen LogP contribution < -0.4 is 15.4 Å². The van der Waals surface area contributed by atoms with Crippen molar-refractivity contribution in [1.29, 1.82) is 0 Å². The zero-order valence-corrected chi connectivity index (χ0v) is 11.8. The van der Waals surface area contributed by atoms with Gasteiger partial charge in [-0.3, -0.25) is 4.79 Å². The number of benzene rings is 1. The fourth-order valence-electron chi connectivity index (χ4n) is 1.64. The number of para-hydroxylation sites is 1. The SMILES string of the molecule is CNCc1cccc(F)c1OCC(=O)NC(C)(C)C. The second kappa shape index (κ2) is 6.52. The number of carbonyl (C=O) groups excluding carboxylic acids is 1. The van der Waals surface area contributed by atoms with E-state index in [1.165, 1.54) is 6.07 Å². The topological polar surface area (TPSA) is 50.4 Å². The molecule has 0 fully saturated rings. The van der Waals surface area contributed by atoms with Gasteiger partial charge in [0.25, 0.3) is 5.91 Å². The van der Waals surface area contributed by atoms with E-state index >= 15 is 0 Å². The second-order valence-corrected chi connectivity index (χ2v) is 5.35. The van der Waals surface area contributed by atoms with E-state index in [4.69, 9.17) is 4.74 Å². The number of ether oxygens (including phenoxy) is 1. The van der Waals surface area contributed by atoms with E-state index in [0.29, 0.717) is 12.1 Å². The normalized spacial score (nSPS) is 11.2. The highest BCUT2D eigenvalue weighted by Gasteiger charge is 2.16. The maximum absolute atomic E-state index is 13.7. The van der Waals surface area contributed by atoms with Crippen LogP contribution in [0.5, 0.6) is 5.75 Å². The van der Waals surface area contributed by atoms with E-state index in [2.05, 4.69) is 10.6 Å². The van der Waals surface area contributed by atoms with E-state index < -0.39 is 5.82 Å². The molecule has 2 N–H and O–H groups in total. The van der Waals surface area contributed by atoms with Gasteiger partial charge >= 0.3 is 0 Å². The first-order valence-electron chi connectivity index (χ1n) is 6.19. The van der Waals surface area contributed by atoms with E-state index in [1.54, 1.807) is 19.2 Å². The molecule has 0 saturated heterocycles. The average molecular weight is 268 g/mol. The van der Waals surface area contributed by atoms with E-state index in [9.17, 15) is 9.18 Å². The largest absolute Gasteiger partial charge is 0.480 e. The maximum Gasteiger partial charge on any atom is 0.258 e. The summed E-state index contributed by atoms with van der Waals surface area (Å²) in [6.07, 6.45) is 0. The fraction of sp³-hybridized carbons (Fsp3) is 0.500. The number of hydrogen-bond acceptors (Lipinski definition) is 3. The van der Waals surface area contributed by atoms with Crippen LogP contribution in [0.4, 0.5) is 4.39 Å². The molecule has 0 spiro atoms. The van der Waals surface area contributed by atoms with Crippen LogP contribution in [0, 0.1) is 5.82 Å². The first-order valence-corrected chi connectivity index (χ1v) is 6.19. The Morgan fingerprint density at radius 2 is 2.05 bits per heavy atom. The quantitative estimate of drug-likeness (QED) is 0.856. The Kier molecular flexibility index (Phi) is 5.30. The first kappa shape index (κ1) is 15.4. The van der Waals surface area contributed by atoms with Gasteiger partial charge in [0.15, 0.2) is 18.2 Å². The molecule has 0 unspecified atom stereocenters. The van der Waals surface area contributed by atoms with Gasteiger partial charge in [-0.2, -0.15) is 0 Å². The van der Waals surface area contributed by atoms with Gasteiger partial charge in [-0.1, -0.05) is 12.1 Å². The second-order valence-electron chi connectivity index (χ2n) is 5.35. The van der Waals surface area contributed by atoms with Gasteiger partial charge in [0, 0.05) is 17.6 Å². The summed E-state index contributed by atoms with van der Waals surface area (Å²) in [6, 6.07) is 4.69. The zero-order valence-electron chi connectivity index (χ0n) is 11.8. The van der Waals surface area contributed by atoms with Gasteiger partial charge in [0.1, 0.15) is 0 Å². The molecule has 1 amide bonds. The van der Waals surface area contributed by atoms with Crippen LogP contribution >= 0.6 is 0 Å². The third-order valence-corrected chi connectivity index (χ3v) is 2.28. The molecular formula is C14H21FN2O2. The molecule has 0 aliphatic carbocycles. The summed E-state index contributed by atoms with van der Waals surface area (Å²) in [4.78, 5) is 11.6. The molecular weight excluding hydrogens is 247 g/mol. The summed E-state index contributed by atoms with van der Waals surface area (Å²) >= 11 is 0. The molecule has 1 aromatic carbocycles. The van der Waals surface area contributed by atoms with Crippen molar-refractivity contribution in [3.63, 3.8) is 0 Å². The molecule has 0 bridgehead atoms. The van der Waals surface area contributed by atoms with Crippen LogP contribution in [-0.4, -0.2) is 25.1 Å². The maximum atomic E-state index is 13.7. The average Bonchev–Trinajstić information content (AvgIpc) is 2.26. The summed E-state index contributed by atoms with van der Waals surface area (Å²) in [6.45, 7) is 5.91. The van der Waals surface area contributed by atoms with Crippen molar-refractivity contribution in [2.45, 2.75) is 32.9 Å². The van der Waals surface area contributed by atoms with E-state index in [-0.39, 0.29) is 23.8 Å². The molecule has 1 rings (SSSR count). The van der Waals surface area contributed by atoms with Crippen molar-refractivity contribution >= 4 is 5.91 Å². The highest BCUT2D eigenvalue weighted by Crippen LogP contribution is 2.22. The van der Waals surface area contributed by atoms with Crippen LogP contribution in [0.3, 0.4) is 0 Å². The van der Waals surface area contributed by atoms with Crippen LogP contribution in [0.2, 0.25) is 0 Å². The molecule has 0 aliphatic rings. The highest BCUT2D eigenvalue weighted by molar-refractivity contribution is 5.78. The number of carbonyl (C=O) groups is 1. The molecule has 0 radical (unpaired) electrons. The van der Waals surface area contributed by atoms with Crippen molar-refractivity contribution < 1.29 is 13.9 Å². The molecule has 0 heterocycles. The first-order chi connectivity index (χ1) is 8.83. The zero-order chi connectivity index (χ0) is 14.5. The van der Waals surface area contributed by atoms with Gasteiger partial charge in [-0.25, -0.2) is 4.39 Å². The number of hydrogen-bond donors (Lipinski definition) is 2. The minimum Gasteiger partial charge on any atom is -0.480 e. The monoisotopic (exact) mass is 268 g/mol. The molecule has 4 nitrogen and oxygen atoms in total. The van der Waals surface area contributed by atoms with Crippen LogP contribution in [-0.2, 0) is 11.3 Å². The lowest BCUT2D eigenvalue weighted by molar-refractivity contribution is -0.124. The standard InChI is InChI=1S/C14H21FN2O2/c1-14(2,3)17-12(18)9-19-13-10(8-16-4)6-5-7-11(13)15/h5-7,16H,8-9H2,1-4H3,(H,17,18). The molecule has 1 aromatic rings. The van der Waals surface area contributed by atoms with Gasteiger partial charge in [-0.05, 0) is 33.9 Å². The predicted molar refractivity (Wildman–Crippen MR) is 72.6 cm³/mol. The minimum atomic E-state index is -0.462. The number of rotatable bonds is 5. The summed E-state index contributed by atoms with van der Waals surface area (Å²) in [5, 5.41) is 5.69. The van der Waals surface area contributed by atoms with E-state index in [0.717, 1.165) is 0 Å². The lowest BCUT2D eigenvalue weighted by Crippen LogP contribution is -2.43. The predicted octanol–water partition coefficient (Wildman–Crippen LogP) is 1.84.